The number of hydrazone groups is 1. The van der Waals surface area contributed by atoms with Crippen molar-refractivity contribution in [3.05, 3.63) is 124 Å². The topological polar surface area (TPSA) is 111 Å². The molecule has 2 aromatic heterocycles. The standard InChI is InChI=1S/C35H33FN6O4S2/c1-45-27-17-25(18-28(19-27)46-2)34(44)37-21-32-38-39-35(41(32)15-14-23-7-4-3-5-8-23)48-22-33(43)42-30(24-10-12-26(36)13-11-24)20-29(40-42)31-9-6-16-47-31/h3-13,16-19,30H,14-15,20-22H2,1-2H3,(H,37,44)/t30-/m0/s1. The molecule has 6 rings (SSSR count). The molecular formula is C35H33FN6O4S2. The number of aromatic nitrogens is 3. The number of thioether (sulfide) groups is 1. The van der Waals surface area contributed by atoms with Crippen LogP contribution in [-0.2, 0) is 24.3 Å². The van der Waals surface area contributed by atoms with Crippen molar-refractivity contribution >= 4 is 40.6 Å². The van der Waals surface area contributed by atoms with E-state index in [1.807, 2.05) is 52.4 Å². The molecule has 0 saturated heterocycles. The number of thiophene rings is 1. The van der Waals surface area contributed by atoms with Crippen molar-refractivity contribution in [3.63, 3.8) is 0 Å². The van der Waals surface area contributed by atoms with Gasteiger partial charge in [-0.25, -0.2) is 9.40 Å². The summed E-state index contributed by atoms with van der Waals surface area (Å²) >= 11 is 2.83. The lowest BCUT2D eigenvalue weighted by Gasteiger charge is -2.22. The molecule has 10 nitrogen and oxygen atoms in total. The number of benzene rings is 3. The molecule has 1 atom stereocenters. The molecule has 2 amide bonds. The van der Waals surface area contributed by atoms with Crippen LogP contribution in [0.4, 0.5) is 4.39 Å². The van der Waals surface area contributed by atoms with Crippen LogP contribution in [0, 0.1) is 5.82 Å². The minimum Gasteiger partial charge on any atom is -0.497 e. The van der Waals surface area contributed by atoms with E-state index < -0.39 is 0 Å². The van der Waals surface area contributed by atoms with Crippen LogP contribution in [0.15, 0.2) is 101 Å². The Hall–Kier alpha value is -5.01. The molecule has 48 heavy (non-hydrogen) atoms. The van der Waals surface area contributed by atoms with Gasteiger partial charge in [-0.05, 0) is 53.3 Å². The molecule has 246 valence electrons. The van der Waals surface area contributed by atoms with Crippen molar-refractivity contribution in [1.82, 2.24) is 25.1 Å². The maximum absolute atomic E-state index is 13.8. The maximum Gasteiger partial charge on any atom is 0.253 e. The number of aryl methyl sites for hydroxylation is 1. The van der Waals surface area contributed by atoms with Gasteiger partial charge in [-0.3, -0.25) is 9.59 Å². The third-order valence-electron chi connectivity index (χ3n) is 7.83. The van der Waals surface area contributed by atoms with Crippen LogP contribution < -0.4 is 14.8 Å². The first-order valence-electron chi connectivity index (χ1n) is 15.2. The van der Waals surface area contributed by atoms with Gasteiger partial charge in [-0.2, -0.15) is 5.10 Å². The highest BCUT2D eigenvalue weighted by atomic mass is 32.2. The molecule has 1 aliphatic heterocycles. The van der Waals surface area contributed by atoms with Gasteiger partial charge in [-0.1, -0.05) is 60.3 Å². The van der Waals surface area contributed by atoms with Gasteiger partial charge in [0.1, 0.15) is 17.3 Å². The average Bonchev–Trinajstić information content (AvgIpc) is 3.90. The summed E-state index contributed by atoms with van der Waals surface area (Å²) in [5, 5.41) is 20.5. The zero-order valence-electron chi connectivity index (χ0n) is 26.3. The van der Waals surface area contributed by atoms with Crippen LogP contribution in [0.1, 0.15) is 44.6 Å². The SMILES string of the molecule is COc1cc(OC)cc(C(=O)NCc2nnc(SCC(=O)N3N=C(c4cccs4)C[C@H]3c3ccc(F)cc3)n2CCc2ccccc2)c1. The number of ether oxygens (including phenoxy) is 2. The Morgan fingerprint density at radius 3 is 2.42 bits per heavy atom. The molecule has 0 aliphatic carbocycles. The second-order valence-corrected chi connectivity index (χ2v) is 12.8. The van der Waals surface area contributed by atoms with Gasteiger partial charge in [0, 0.05) is 24.6 Å². The van der Waals surface area contributed by atoms with Gasteiger partial charge in [0.15, 0.2) is 11.0 Å². The van der Waals surface area contributed by atoms with E-state index in [-0.39, 0.29) is 36.0 Å². The maximum atomic E-state index is 13.8. The van der Waals surface area contributed by atoms with E-state index in [2.05, 4.69) is 15.5 Å². The Kier molecular flexibility index (Phi) is 10.5. The molecule has 1 aliphatic rings. The first kappa shape index (κ1) is 32.9. The Labute approximate surface area is 285 Å². The lowest BCUT2D eigenvalue weighted by Crippen LogP contribution is -2.28. The van der Waals surface area contributed by atoms with Gasteiger partial charge >= 0.3 is 0 Å². The van der Waals surface area contributed by atoms with Crippen molar-refractivity contribution < 1.29 is 23.5 Å². The highest BCUT2D eigenvalue weighted by Crippen LogP contribution is 2.35. The summed E-state index contributed by atoms with van der Waals surface area (Å²) in [6, 6.07) is 24.8. The number of hydrogen-bond acceptors (Lipinski definition) is 9. The summed E-state index contributed by atoms with van der Waals surface area (Å²) in [6.45, 7) is 0.649. The minimum atomic E-state index is -0.354. The molecule has 0 bridgehead atoms. The van der Waals surface area contributed by atoms with Crippen molar-refractivity contribution in [2.24, 2.45) is 5.10 Å². The third-order valence-corrected chi connectivity index (χ3v) is 9.70. The third kappa shape index (κ3) is 7.75. The number of nitrogens with zero attached hydrogens (tertiary/aromatic N) is 5. The quantitative estimate of drug-likeness (QED) is 0.148. The number of amides is 2. The van der Waals surface area contributed by atoms with Crippen molar-refractivity contribution in [2.45, 2.75) is 37.1 Å². The van der Waals surface area contributed by atoms with Gasteiger partial charge in [0.05, 0.1) is 43.1 Å². The number of methoxy groups -OCH3 is 2. The normalized spacial score (nSPS) is 14.1. The number of halogens is 1. The molecule has 13 heteroatoms. The average molecular weight is 685 g/mol. The highest BCUT2D eigenvalue weighted by Gasteiger charge is 2.33. The summed E-state index contributed by atoms with van der Waals surface area (Å²) < 4.78 is 26.3. The van der Waals surface area contributed by atoms with Gasteiger partial charge in [0.25, 0.3) is 11.8 Å². The van der Waals surface area contributed by atoms with Gasteiger partial charge in [-0.15, -0.1) is 21.5 Å². The minimum absolute atomic E-state index is 0.0539. The predicted octanol–water partition coefficient (Wildman–Crippen LogP) is 6.14. The smallest absolute Gasteiger partial charge is 0.253 e. The monoisotopic (exact) mass is 684 g/mol. The molecule has 1 N–H and O–H groups in total. The zero-order chi connectivity index (χ0) is 33.5. The molecule has 0 fully saturated rings. The van der Waals surface area contributed by atoms with E-state index in [4.69, 9.17) is 14.6 Å². The van der Waals surface area contributed by atoms with E-state index in [1.165, 1.54) is 43.1 Å². The summed E-state index contributed by atoms with van der Waals surface area (Å²) in [4.78, 5) is 27.9. The largest absolute Gasteiger partial charge is 0.497 e. The molecule has 0 spiro atoms. The Balaban J connectivity index is 1.20. The summed E-state index contributed by atoms with van der Waals surface area (Å²) in [5.74, 6) is 0.732. The highest BCUT2D eigenvalue weighted by molar-refractivity contribution is 7.99. The lowest BCUT2D eigenvalue weighted by atomic mass is 10.0. The Bertz CT molecular complexity index is 1880. The van der Waals surface area contributed by atoms with Gasteiger partial charge < -0.3 is 19.4 Å². The predicted molar refractivity (Wildman–Crippen MR) is 183 cm³/mol. The van der Waals surface area contributed by atoms with Crippen LogP contribution in [0.2, 0.25) is 0 Å². The first-order valence-corrected chi connectivity index (χ1v) is 17.1. The van der Waals surface area contributed by atoms with Crippen molar-refractivity contribution in [2.75, 3.05) is 20.0 Å². The second kappa shape index (κ2) is 15.3. The molecular weight excluding hydrogens is 652 g/mol. The number of hydrogen-bond donors (Lipinski definition) is 1. The van der Waals surface area contributed by atoms with Crippen LogP contribution in [0.5, 0.6) is 11.5 Å². The number of rotatable bonds is 13. The van der Waals surface area contributed by atoms with E-state index in [9.17, 15) is 14.0 Å². The van der Waals surface area contributed by atoms with Crippen LogP contribution >= 0.6 is 23.1 Å². The van der Waals surface area contributed by atoms with Crippen LogP contribution in [0.25, 0.3) is 0 Å². The van der Waals surface area contributed by atoms with Crippen molar-refractivity contribution in [3.8, 4) is 11.5 Å². The summed E-state index contributed by atoms with van der Waals surface area (Å²) in [6.07, 6.45) is 1.22. The van der Waals surface area contributed by atoms with Crippen molar-refractivity contribution in [1.29, 1.82) is 0 Å². The molecule has 5 aromatic rings. The Morgan fingerprint density at radius 2 is 1.73 bits per heavy atom. The summed E-state index contributed by atoms with van der Waals surface area (Å²) in [5.41, 5.74) is 3.13. The number of nitrogens with one attached hydrogen (secondary N) is 1. The second-order valence-electron chi connectivity index (χ2n) is 10.9. The first-order chi connectivity index (χ1) is 23.4. The fourth-order valence-corrected chi connectivity index (χ4v) is 6.89. The molecule has 0 radical (unpaired) electrons. The molecule has 0 unspecified atom stereocenters. The Morgan fingerprint density at radius 1 is 0.979 bits per heavy atom. The fraction of sp³-hybridized carbons (Fsp3) is 0.229. The molecule has 3 aromatic carbocycles. The zero-order valence-corrected chi connectivity index (χ0v) is 28.0. The van der Waals surface area contributed by atoms with E-state index in [0.717, 1.165) is 21.7 Å². The van der Waals surface area contributed by atoms with E-state index in [0.29, 0.717) is 47.4 Å². The molecule has 0 saturated carbocycles. The molecule has 3 heterocycles. The summed E-state index contributed by atoms with van der Waals surface area (Å²) in [7, 11) is 3.05. The fourth-order valence-electron chi connectivity index (χ4n) is 5.34. The number of carbonyl (C=O) groups excluding carboxylic acids is 2. The van der Waals surface area contributed by atoms with Gasteiger partial charge in [0.2, 0.25) is 0 Å². The number of carbonyl (C=O) groups is 2. The van der Waals surface area contributed by atoms with Crippen LogP contribution in [0.3, 0.4) is 0 Å². The van der Waals surface area contributed by atoms with E-state index >= 15 is 0 Å². The van der Waals surface area contributed by atoms with E-state index in [1.54, 1.807) is 41.7 Å². The lowest BCUT2D eigenvalue weighted by molar-refractivity contribution is -0.130. The van der Waals surface area contributed by atoms with Crippen LogP contribution in [-0.4, -0.2) is 57.3 Å².